The Kier molecular flexibility index (Phi) is 9.15. The summed E-state index contributed by atoms with van der Waals surface area (Å²) < 4.78 is 23.6. The molecule has 0 saturated carbocycles. The van der Waals surface area contributed by atoms with Crippen LogP contribution in [0.25, 0.3) is 56.1 Å². The number of hydrogen-bond acceptors (Lipinski definition) is 8. The van der Waals surface area contributed by atoms with Crippen LogP contribution in [0.3, 0.4) is 0 Å². The number of fused-ring (bicyclic) bond motifs is 2. The van der Waals surface area contributed by atoms with E-state index in [1.165, 1.54) is 0 Å². The molecule has 6 aromatic rings. The maximum Gasteiger partial charge on any atom is 0.347 e. The molecule has 0 aliphatic rings. The molecule has 8 heteroatoms. The van der Waals surface area contributed by atoms with Crippen molar-refractivity contribution in [2.45, 2.75) is 53.4 Å². The van der Waals surface area contributed by atoms with E-state index >= 15 is 0 Å². The van der Waals surface area contributed by atoms with Crippen LogP contribution in [0.1, 0.15) is 53.4 Å². The fourth-order valence-electron chi connectivity index (χ4n) is 5.82. The van der Waals surface area contributed by atoms with E-state index in [0.717, 1.165) is 74.0 Å². The van der Waals surface area contributed by atoms with Crippen molar-refractivity contribution in [1.29, 1.82) is 0 Å². The van der Waals surface area contributed by atoms with Crippen molar-refractivity contribution < 1.29 is 17.7 Å². The van der Waals surface area contributed by atoms with Gasteiger partial charge in [-0.05, 0) is 87.4 Å². The molecule has 0 atom stereocenters. The molecule has 0 saturated heterocycles. The Hall–Kier alpha value is -4.98. The first kappa shape index (κ1) is 31.0. The highest BCUT2D eigenvalue weighted by molar-refractivity contribution is 5.85. The van der Waals surface area contributed by atoms with Gasteiger partial charge in [0.2, 0.25) is 0 Å². The summed E-state index contributed by atoms with van der Waals surface area (Å²) in [4.78, 5) is 30.6. The smallest absolute Gasteiger partial charge is 0.347 e. The second-order valence-corrected chi connectivity index (χ2v) is 11.5. The molecule has 4 heterocycles. The van der Waals surface area contributed by atoms with Gasteiger partial charge in [0, 0.05) is 60.5 Å². The lowest BCUT2D eigenvalue weighted by Crippen LogP contribution is -2.25. The average molecular weight is 621 g/mol. The molecule has 0 amide bonds. The number of benzene rings is 2. The molecular formula is C38H40N2O6. The van der Waals surface area contributed by atoms with Crippen LogP contribution in [-0.4, -0.2) is 26.2 Å². The quantitative estimate of drug-likeness (QED) is 0.118. The Morgan fingerprint density at radius 2 is 0.935 bits per heavy atom. The molecule has 0 bridgehead atoms. The van der Waals surface area contributed by atoms with Gasteiger partial charge in [0.05, 0.1) is 0 Å². The van der Waals surface area contributed by atoms with Gasteiger partial charge in [-0.15, -0.1) is 0 Å². The summed E-state index contributed by atoms with van der Waals surface area (Å²) in [6.45, 7) is 12.2. The molecule has 0 fully saturated rings. The third-order valence-corrected chi connectivity index (χ3v) is 8.48. The average Bonchev–Trinajstić information content (AvgIpc) is 3.75. The first-order valence-corrected chi connectivity index (χ1v) is 16.3. The van der Waals surface area contributed by atoms with Gasteiger partial charge >= 0.3 is 11.3 Å². The Labute approximate surface area is 267 Å². The third kappa shape index (κ3) is 6.25. The Balaban J connectivity index is 1.26. The summed E-state index contributed by atoms with van der Waals surface area (Å²) in [5, 5.41) is 1.61. The maximum atomic E-state index is 13.1. The van der Waals surface area contributed by atoms with E-state index in [1.807, 2.05) is 30.3 Å². The summed E-state index contributed by atoms with van der Waals surface area (Å²) in [5.74, 6) is 1.58. The first-order valence-electron chi connectivity index (χ1n) is 16.3. The maximum absolute atomic E-state index is 13.1. The highest BCUT2D eigenvalue weighted by Gasteiger charge is 2.18. The van der Waals surface area contributed by atoms with E-state index in [9.17, 15) is 9.59 Å². The normalized spacial score (nSPS) is 11.5. The second-order valence-electron chi connectivity index (χ2n) is 11.5. The van der Waals surface area contributed by atoms with Crippen LogP contribution in [0, 0.1) is 0 Å². The number of anilines is 2. The number of nitrogens with zero attached hydrogens (tertiary/aromatic N) is 2. The zero-order valence-electron chi connectivity index (χ0n) is 26.9. The van der Waals surface area contributed by atoms with Crippen LogP contribution in [0.4, 0.5) is 11.4 Å². The van der Waals surface area contributed by atoms with Crippen molar-refractivity contribution in [1.82, 2.24) is 0 Å². The molecule has 0 aliphatic heterocycles. The van der Waals surface area contributed by atoms with Gasteiger partial charge in [0.1, 0.15) is 33.8 Å². The lowest BCUT2D eigenvalue weighted by molar-refractivity contribution is 0.525. The molecule has 0 unspecified atom stereocenters. The molecule has 4 aromatic heterocycles. The molecule has 0 N–H and O–H groups in total. The van der Waals surface area contributed by atoms with Crippen LogP contribution in [0.2, 0.25) is 0 Å². The van der Waals surface area contributed by atoms with Gasteiger partial charge < -0.3 is 27.5 Å². The van der Waals surface area contributed by atoms with Gasteiger partial charge in [0.15, 0.2) is 11.5 Å². The molecule has 238 valence electrons. The van der Waals surface area contributed by atoms with Crippen molar-refractivity contribution in [2.75, 3.05) is 36.0 Å². The van der Waals surface area contributed by atoms with Gasteiger partial charge in [-0.1, -0.05) is 26.7 Å². The van der Waals surface area contributed by atoms with Crippen molar-refractivity contribution in [3.63, 3.8) is 0 Å². The van der Waals surface area contributed by atoms with E-state index in [4.69, 9.17) is 17.7 Å². The fourth-order valence-corrected chi connectivity index (χ4v) is 5.82. The van der Waals surface area contributed by atoms with E-state index in [1.54, 1.807) is 36.4 Å². The van der Waals surface area contributed by atoms with Gasteiger partial charge in [-0.3, -0.25) is 0 Å². The Morgan fingerprint density at radius 1 is 0.500 bits per heavy atom. The van der Waals surface area contributed by atoms with E-state index in [0.29, 0.717) is 45.3 Å². The molecule has 2 aromatic carbocycles. The SMILES string of the molecule is CCCCN(CCCC)c1ccc2cc(-c3ccc(-c4ccc(-c5cc6ccc(N(CC)CC)cc6oc5=O)o4)o3)c(=O)oc2c1. The summed E-state index contributed by atoms with van der Waals surface area (Å²) >= 11 is 0. The summed E-state index contributed by atoms with van der Waals surface area (Å²) in [6, 6.07) is 22.4. The predicted molar refractivity (Wildman–Crippen MR) is 185 cm³/mol. The van der Waals surface area contributed by atoms with Crippen molar-refractivity contribution in [3.05, 3.63) is 93.6 Å². The minimum Gasteiger partial charge on any atom is -0.453 e. The first-order chi connectivity index (χ1) is 22.4. The largest absolute Gasteiger partial charge is 0.453 e. The van der Waals surface area contributed by atoms with E-state index in [-0.39, 0.29) is 0 Å². The second kappa shape index (κ2) is 13.6. The topological polar surface area (TPSA) is 93.2 Å². The molecule has 8 nitrogen and oxygen atoms in total. The molecule has 46 heavy (non-hydrogen) atoms. The van der Waals surface area contributed by atoms with Crippen LogP contribution >= 0.6 is 0 Å². The summed E-state index contributed by atoms with van der Waals surface area (Å²) in [7, 11) is 0. The predicted octanol–water partition coefficient (Wildman–Crippen LogP) is 9.34. The minimum absolute atomic E-state index is 0.318. The Bertz CT molecular complexity index is 2070. The van der Waals surface area contributed by atoms with Crippen LogP contribution in [0.15, 0.2) is 100 Å². The fraction of sp³-hybridized carbons (Fsp3) is 0.316. The van der Waals surface area contributed by atoms with Gasteiger partial charge in [0.25, 0.3) is 0 Å². The number of rotatable bonds is 13. The molecule has 0 spiro atoms. The summed E-state index contributed by atoms with van der Waals surface area (Å²) in [5.41, 5.74) is 2.82. The number of unbranched alkanes of at least 4 members (excludes halogenated alkanes) is 2. The van der Waals surface area contributed by atoms with Crippen LogP contribution in [0.5, 0.6) is 0 Å². The van der Waals surface area contributed by atoms with Gasteiger partial charge in [-0.25, -0.2) is 9.59 Å². The number of hydrogen-bond donors (Lipinski definition) is 0. The van der Waals surface area contributed by atoms with Gasteiger partial charge in [-0.2, -0.15) is 0 Å². The van der Waals surface area contributed by atoms with Crippen molar-refractivity contribution >= 4 is 33.3 Å². The lowest BCUT2D eigenvalue weighted by atomic mass is 10.1. The number of furan rings is 2. The van der Waals surface area contributed by atoms with Crippen LogP contribution < -0.4 is 21.1 Å². The lowest BCUT2D eigenvalue weighted by Gasteiger charge is -2.24. The zero-order chi connectivity index (χ0) is 32.2. The summed E-state index contributed by atoms with van der Waals surface area (Å²) in [6.07, 6.45) is 4.46. The highest BCUT2D eigenvalue weighted by Crippen LogP contribution is 2.33. The standard InChI is InChI=1S/C38H40N2O6/c1-5-9-19-40(20-10-6-2)28-14-12-26-22-30(38(42)46-36(26)24-28)32-16-18-34(44-32)33-17-15-31(43-33)29-21-25-11-13-27(39(7-3)8-4)23-35(25)45-37(29)41/h11-18,21-24H,5-10,19-20H2,1-4H3. The molecular weight excluding hydrogens is 580 g/mol. The van der Waals surface area contributed by atoms with E-state index in [2.05, 4.69) is 43.6 Å². The highest BCUT2D eigenvalue weighted by atomic mass is 16.4. The zero-order valence-corrected chi connectivity index (χ0v) is 26.9. The molecule has 6 rings (SSSR count). The minimum atomic E-state index is -0.485. The molecule has 0 radical (unpaired) electrons. The Morgan fingerprint density at radius 3 is 1.37 bits per heavy atom. The van der Waals surface area contributed by atoms with Crippen molar-refractivity contribution in [2.24, 2.45) is 0 Å². The van der Waals surface area contributed by atoms with Crippen molar-refractivity contribution in [3.8, 4) is 34.2 Å². The third-order valence-electron chi connectivity index (χ3n) is 8.48. The molecule has 0 aliphatic carbocycles. The van der Waals surface area contributed by atoms with E-state index < -0.39 is 11.3 Å². The van der Waals surface area contributed by atoms with Crippen LogP contribution in [-0.2, 0) is 0 Å². The monoisotopic (exact) mass is 620 g/mol.